The molecule has 3 aromatic heterocycles. The van der Waals surface area contributed by atoms with Crippen molar-refractivity contribution in [3.63, 3.8) is 0 Å². The van der Waals surface area contributed by atoms with Crippen LogP contribution in [0, 0.1) is 6.92 Å². The monoisotopic (exact) mass is 443 g/mol. The fraction of sp³-hybridized carbons (Fsp3) is 0.240. The third kappa shape index (κ3) is 2.80. The molecular weight excluding hydrogens is 422 g/mol. The van der Waals surface area contributed by atoms with E-state index in [1.54, 1.807) is 25.1 Å². The van der Waals surface area contributed by atoms with Gasteiger partial charge in [-0.1, -0.05) is 25.0 Å². The molecule has 3 heterocycles. The van der Waals surface area contributed by atoms with E-state index in [9.17, 15) is 19.5 Å². The number of rotatable bonds is 3. The Kier molecular flexibility index (Phi) is 4.14. The zero-order valence-electron chi connectivity index (χ0n) is 17.9. The second-order valence-corrected chi connectivity index (χ2v) is 8.73. The standard InChI is InChI=1S/C25H21N3O5/c1-12-17(29)11-10-16-20-22(33-21(12)16)18(13-6-8-14(9-7-13)25(31)32)19-23(26-20)28(27-24(19)30)15-4-2-3-5-15/h6-11,15,26H,2-5H2,1H3,(H,27,30)(H,31,32). The lowest BCUT2D eigenvalue weighted by molar-refractivity contribution is 0.0697. The molecule has 33 heavy (non-hydrogen) atoms. The number of pyridine rings is 1. The second kappa shape index (κ2) is 6.96. The molecule has 2 aromatic carbocycles. The van der Waals surface area contributed by atoms with Crippen molar-refractivity contribution in [1.82, 2.24) is 14.8 Å². The van der Waals surface area contributed by atoms with Crippen LogP contribution in [0.2, 0.25) is 0 Å². The van der Waals surface area contributed by atoms with Crippen molar-refractivity contribution in [1.29, 1.82) is 0 Å². The summed E-state index contributed by atoms with van der Waals surface area (Å²) < 4.78 is 8.14. The maximum absolute atomic E-state index is 13.2. The number of aromatic carboxylic acids is 1. The number of hydrogen-bond acceptors (Lipinski definition) is 4. The molecule has 0 radical (unpaired) electrons. The van der Waals surface area contributed by atoms with Crippen LogP contribution < -0.4 is 11.0 Å². The van der Waals surface area contributed by atoms with E-state index in [0.717, 1.165) is 31.1 Å². The average Bonchev–Trinajstić information content (AvgIpc) is 3.53. The molecule has 0 bridgehead atoms. The molecule has 1 fully saturated rings. The first-order valence-electron chi connectivity index (χ1n) is 11.0. The molecule has 0 aliphatic heterocycles. The number of aromatic amines is 2. The van der Waals surface area contributed by atoms with Crippen LogP contribution in [0.3, 0.4) is 0 Å². The van der Waals surface area contributed by atoms with Crippen LogP contribution in [0.5, 0.6) is 0 Å². The van der Waals surface area contributed by atoms with Gasteiger partial charge in [-0.2, -0.15) is 0 Å². The van der Waals surface area contributed by atoms with Gasteiger partial charge < -0.3 is 14.5 Å². The van der Waals surface area contributed by atoms with Crippen LogP contribution in [-0.2, 0) is 0 Å². The summed E-state index contributed by atoms with van der Waals surface area (Å²) in [4.78, 5) is 40.3. The van der Waals surface area contributed by atoms with Crippen molar-refractivity contribution in [3.05, 3.63) is 68.1 Å². The Labute approximate surface area is 186 Å². The van der Waals surface area contributed by atoms with Gasteiger partial charge >= 0.3 is 5.97 Å². The Hall–Kier alpha value is -4.07. The highest BCUT2D eigenvalue weighted by atomic mass is 16.4. The van der Waals surface area contributed by atoms with Gasteiger partial charge in [0.1, 0.15) is 11.2 Å². The quantitative estimate of drug-likeness (QED) is 0.373. The van der Waals surface area contributed by atoms with Gasteiger partial charge in [-0.25, -0.2) is 4.79 Å². The predicted molar refractivity (Wildman–Crippen MR) is 125 cm³/mol. The Morgan fingerprint density at radius 3 is 2.48 bits per heavy atom. The number of nitrogens with one attached hydrogen (secondary N) is 2. The van der Waals surface area contributed by atoms with Gasteiger partial charge in [0.05, 0.1) is 22.5 Å². The second-order valence-electron chi connectivity index (χ2n) is 8.73. The SMILES string of the molecule is Cc1c(=O)ccc2c1oc1c(-c3ccc(C(=O)O)cc3)c3c(=O)[nH]n(C4CCCC4)c3[nH]c12. The van der Waals surface area contributed by atoms with Gasteiger partial charge in [0.2, 0.25) is 0 Å². The highest BCUT2D eigenvalue weighted by Crippen LogP contribution is 2.40. The first-order chi connectivity index (χ1) is 15.9. The molecule has 0 saturated heterocycles. The summed E-state index contributed by atoms with van der Waals surface area (Å²) in [5, 5.41) is 13.5. The lowest BCUT2D eigenvalue weighted by Crippen LogP contribution is -2.10. The van der Waals surface area contributed by atoms with Gasteiger partial charge in [0.15, 0.2) is 11.0 Å². The Bertz CT molecular complexity index is 1690. The number of aryl methyl sites for hydroxylation is 1. The Balaban J connectivity index is 1.77. The van der Waals surface area contributed by atoms with Crippen LogP contribution in [0.1, 0.15) is 47.6 Å². The number of aromatic nitrogens is 3. The van der Waals surface area contributed by atoms with E-state index in [-0.39, 0.29) is 22.6 Å². The first kappa shape index (κ1) is 19.6. The number of fused-ring (bicyclic) bond motifs is 4. The first-order valence-corrected chi connectivity index (χ1v) is 11.0. The topological polar surface area (TPSA) is 121 Å². The summed E-state index contributed by atoms with van der Waals surface area (Å²) >= 11 is 0. The molecule has 5 aromatic rings. The van der Waals surface area contributed by atoms with Gasteiger partial charge in [-0.15, -0.1) is 0 Å². The van der Waals surface area contributed by atoms with E-state index in [4.69, 9.17) is 4.42 Å². The van der Waals surface area contributed by atoms with Gasteiger partial charge in [0, 0.05) is 16.5 Å². The van der Waals surface area contributed by atoms with E-state index < -0.39 is 5.97 Å². The molecule has 3 N–H and O–H groups in total. The van der Waals surface area contributed by atoms with Crippen molar-refractivity contribution in [2.45, 2.75) is 38.6 Å². The van der Waals surface area contributed by atoms with Crippen molar-refractivity contribution >= 4 is 39.1 Å². The zero-order chi connectivity index (χ0) is 22.9. The van der Waals surface area contributed by atoms with Gasteiger partial charge in [0.25, 0.3) is 5.56 Å². The van der Waals surface area contributed by atoms with Gasteiger partial charge in [-0.3, -0.25) is 19.4 Å². The number of carboxylic acid groups (broad SMARTS) is 1. The maximum Gasteiger partial charge on any atom is 0.335 e. The molecule has 166 valence electrons. The van der Waals surface area contributed by atoms with E-state index in [2.05, 4.69) is 10.1 Å². The normalized spacial score (nSPS) is 14.7. The average molecular weight is 443 g/mol. The minimum Gasteiger partial charge on any atom is -0.478 e. The van der Waals surface area contributed by atoms with Gasteiger partial charge in [-0.05, 0) is 49.6 Å². The highest BCUT2D eigenvalue weighted by Gasteiger charge is 2.26. The number of furan rings is 1. The van der Waals surface area contributed by atoms with E-state index >= 15 is 0 Å². The summed E-state index contributed by atoms with van der Waals surface area (Å²) in [6.07, 6.45) is 4.19. The van der Waals surface area contributed by atoms with Crippen molar-refractivity contribution in [2.75, 3.05) is 0 Å². The summed E-state index contributed by atoms with van der Waals surface area (Å²) in [6, 6.07) is 9.84. The predicted octanol–water partition coefficient (Wildman–Crippen LogP) is 4.71. The lowest BCUT2D eigenvalue weighted by Gasteiger charge is -2.13. The largest absolute Gasteiger partial charge is 0.478 e. The Morgan fingerprint density at radius 1 is 1.06 bits per heavy atom. The van der Waals surface area contributed by atoms with Crippen LogP contribution >= 0.6 is 0 Å². The zero-order valence-corrected chi connectivity index (χ0v) is 17.9. The lowest BCUT2D eigenvalue weighted by atomic mass is 10.0. The molecule has 0 unspecified atom stereocenters. The number of nitrogens with zero attached hydrogens (tertiary/aromatic N) is 1. The van der Waals surface area contributed by atoms with Crippen LogP contribution in [0.25, 0.3) is 44.2 Å². The molecule has 1 aliphatic carbocycles. The van der Waals surface area contributed by atoms with Crippen molar-refractivity contribution in [2.24, 2.45) is 0 Å². The van der Waals surface area contributed by atoms with E-state index in [1.165, 1.54) is 18.2 Å². The fourth-order valence-corrected chi connectivity index (χ4v) is 5.10. The summed E-state index contributed by atoms with van der Waals surface area (Å²) in [5.74, 6) is -1.02. The molecule has 6 rings (SSSR count). The molecule has 8 heteroatoms. The molecule has 8 nitrogen and oxygen atoms in total. The molecular formula is C25H21N3O5. The third-order valence-corrected chi connectivity index (χ3v) is 6.81. The van der Waals surface area contributed by atoms with Crippen molar-refractivity contribution in [3.8, 4) is 11.1 Å². The summed E-state index contributed by atoms with van der Waals surface area (Å²) in [6.45, 7) is 1.72. The molecule has 1 saturated carbocycles. The third-order valence-electron chi connectivity index (χ3n) is 6.81. The number of hydrogen-bond donors (Lipinski definition) is 3. The van der Waals surface area contributed by atoms with Crippen LogP contribution in [0.4, 0.5) is 0 Å². The van der Waals surface area contributed by atoms with E-state index in [1.807, 2.05) is 4.68 Å². The van der Waals surface area contributed by atoms with Crippen molar-refractivity contribution < 1.29 is 14.3 Å². The summed E-state index contributed by atoms with van der Waals surface area (Å²) in [7, 11) is 0. The van der Waals surface area contributed by atoms with Crippen LogP contribution in [-0.4, -0.2) is 25.8 Å². The number of carbonyl (C=O) groups is 1. The summed E-state index contributed by atoms with van der Waals surface area (Å²) in [5.41, 5.74) is 3.85. The van der Waals surface area contributed by atoms with E-state index in [0.29, 0.717) is 44.4 Å². The smallest absolute Gasteiger partial charge is 0.335 e. The number of H-pyrrole nitrogens is 2. The molecule has 0 amide bonds. The minimum absolute atomic E-state index is 0.119. The molecule has 1 aliphatic rings. The Morgan fingerprint density at radius 2 is 1.79 bits per heavy atom. The number of carboxylic acids is 1. The fourth-order valence-electron chi connectivity index (χ4n) is 5.10. The minimum atomic E-state index is -1.02. The maximum atomic E-state index is 13.2. The van der Waals surface area contributed by atoms with Crippen LogP contribution in [0.15, 0.2) is 50.4 Å². The number of benzene rings is 2. The highest BCUT2D eigenvalue weighted by molar-refractivity contribution is 6.14. The molecule has 0 atom stereocenters. The molecule has 0 spiro atoms.